The van der Waals surface area contributed by atoms with Crippen molar-refractivity contribution in [2.45, 2.75) is 25.6 Å². The third kappa shape index (κ3) is 8.39. The van der Waals surface area contributed by atoms with E-state index in [0.717, 1.165) is 11.1 Å². The van der Waals surface area contributed by atoms with Crippen LogP contribution in [-0.4, -0.2) is 10.2 Å². The number of aliphatic hydroxyl groups excluding tert-OH is 2. The van der Waals surface area contributed by atoms with E-state index in [1.165, 1.54) is 5.56 Å². The predicted octanol–water partition coefficient (Wildman–Crippen LogP) is 4.84. The first kappa shape index (κ1) is 22.2. The van der Waals surface area contributed by atoms with E-state index < -0.39 is 12.2 Å². The predicted molar refractivity (Wildman–Crippen MR) is 98.6 cm³/mol. The molecule has 2 atom stereocenters. The summed E-state index contributed by atoms with van der Waals surface area (Å²) in [6.07, 6.45) is -0.952. The van der Waals surface area contributed by atoms with E-state index >= 15 is 0 Å². The molecule has 0 bridgehead atoms. The molecule has 131 valence electrons. The second-order valence-corrected chi connectivity index (χ2v) is 5.74. The molecule has 0 aliphatic carbocycles. The average Bonchev–Trinajstić information content (AvgIpc) is 2.64. The van der Waals surface area contributed by atoms with Gasteiger partial charge in [0.2, 0.25) is 0 Å². The summed E-state index contributed by atoms with van der Waals surface area (Å²) in [7, 11) is 0. The zero-order valence-electron chi connectivity index (χ0n) is 14.3. The van der Waals surface area contributed by atoms with Crippen molar-refractivity contribution < 1.29 is 59.6 Å². The van der Waals surface area contributed by atoms with Crippen LogP contribution in [0.4, 0.5) is 0 Å². The summed E-state index contributed by atoms with van der Waals surface area (Å²) >= 11 is 0. The average molecular weight is 472 g/mol. The van der Waals surface area contributed by atoms with Crippen LogP contribution in [-0.2, 0) is 0 Å². The third-order valence-corrected chi connectivity index (χ3v) is 3.76. The molecule has 0 amide bonds. The first-order valence-corrected chi connectivity index (χ1v) is 8.14. The second-order valence-electron chi connectivity index (χ2n) is 5.74. The SMILES string of the molecule is Cc1ccccc1.OC(CC(O)c1ccccc1)c1ccccc1.[Eu]. The summed E-state index contributed by atoms with van der Waals surface area (Å²) in [4.78, 5) is 0. The van der Waals surface area contributed by atoms with E-state index in [9.17, 15) is 10.2 Å². The van der Waals surface area contributed by atoms with Crippen molar-refractivity contribution in [1.82, 2.24) is 0 Å². The molecule has 25 heavy (non-hydrogen) atoms. The topological polar surface area (TPSA) is 40.5 Å². The van der Waals surface area contributed by atoms with Gasteiger partial charge in [-0.1, -0.05) is 96.6 Å². The summed E-state index contributed by atoms with van der Waals surface area (Å²) in [6.45, 7) is 2.08. The number of benzene rings is 3. The van der Waals surface area contributed by atoms with Gasteiger partial charge in [-0.05, 0) is 18.1 Å². The van der Waals surface area contributed by atoms with Gasteiger partial charge in [-0.2, -0.15) is 0 Å². The first-order chi connectivity index (χ1) is 11.7. The summed E-state index contributed by atoms with van der Waals surface area (Å²) in [6, 6.07) is 29.1. The molecule has 0 aliphatic heterocycles. The number of rotatable bonds is 4. The quantitative estimate of drug-likeness (QED) is 0.571. The molecule has 2 N–H and O–H groups in total. The minimum absolute atomic E-state index is 0. The van der Waals surface area contributed by atoms with E-state index in [2.05, 4.69) is 19.1 Å². The van der Waals surface area contributed by atoms with Crippen LogP contribution >= 0.6 is 0 Å². The first-order valence-electron chi connectivity index (χ1n) is 8.14. The Kier molecular flexibility index (Phi) is 11.1. The normalized spacial score (nSPS) is 12.1. The Morgan fingerprint density at radius 3 is 1.20 bits per heavy atom. The smallest absolute Gasteiger partial charge is 0.0818 e. The van der Waals surface area contributed by atoms with E-state index in [-0.39, 0.29) is 49.4 Å². The molecule has 1 radical (unpaired) electrons. The molecule has 0 aromatic heterocycles. The summed E-state index contributed by atoms with van der Waals surface area (Å²) in [5.41, 5.74) is 2.99. The Hall–Kier alpha value is -0.836. The Balaban J connectivity index is 0.000000330. The maximum atomic E-state index is 9.99. The van der Waals surface area contributed by atoms with Gasteiger partial charge in [0.1, 0.15) is 0 Å². The Morgan fingerprint density at radius 2 is 0.920 bits per heavy atom. The van der Waals surface area contributed by atoms with Gasteiger partial charge in [-0.3, -0.25) is 0 Å². The fourth-order valence-electron chi connectivity index (χ4n) is 2.37. The molecule has 0 fully saturated rings. The van der Waals surface area contributed by atoms with Gasteiger partial charge in [0.15, 0.2) is 0 Å². The number of aliphatic hydroxyl groups is 2. The number of hydrogen-bond donors (Lipinski definition) is 2. The Labute approximate surface area is 191 Å². The summed E-state index contributed by atoms with van der Waals surface area (Å²) in [5.74, 6) is 0. The maximum absolute atomic E-state index is 9.99. The van der Waals surface area contributed by atoms with Gasteiger partial charge in [0, 0.05) is 55.8 Å². The van der Waals surface area contributed by atoms with Crippen molar-refractivity contribution >= 4 is 0 Å². The van der Waals surface area contributed by atoms with E-state index in [1.54, 1.807) is 0 Å². The summed E-state index contributed by atoms with van der Waals surface area (Å²) in [5, 5.41) is 20.0. The zero-order chi connectivity index (χ0) is 17.2. The van der Waals surface area contributed by atoms with Gasteiger partial charge in [0.05, 0.1) is 12.2 Å². The Bertz CT molecular complexity index is 643. The van der Waals surface area contributed by atoms with Gasteiger partial charge < -0.3 is 10.2 Å². The largest absolute Gasteiger partial charge is 0.388 e. The molecule has 0 heterocycles. The van der Waals surface area contributed by atoms with Crippen LogP contribution in [0.2, 0.25) is 0 Å². The van der Waals surface area contributed by atoms with E-state index in [4.69, 9.17) is 0 Å². The molecule has 2 nitrogen and oxygen atoms in total. The van der Waals surface area contributed by atoms with Crippen LogP contribution < -0.4 is 0 Å². The molecule has 0 aliphatic rings. The molecule has 0 spiro atoms. The van der Waals surface area contributed by atoms with Crippen molar-refractivity contribution in [2.75, 3.05) is 0 Å². The minimum Gasteiger partial charge on any atom is -0.388 e. The van der Waals surface area contributed by atoms with Crippen molar-refractivity contribution in [1.29, 1.82) is 0 Å². The van der Waals surface area contributed by atoms with Crippen LogP contribution in [0.3, 0.4) is 0 Å². The molecule has 3 aromatic carbocycles. The van der Waals surface area contributed by atoms with E-state index in [0.29, 0.717) is 6.42 Å². The maximum Gasteiger partial charge on any atom is 0.0818 e. The molecule has 0 saturated carbocycles. The molecule has 0 saturated heterocycles. The minimum atomic E-state index is -0.633. The van der Waals surface area contributed by atoms with Crippen molar-refractivity contribution in [3.8, 4) is 0 Å². The van der Waals surface area contributed by atoms with Crippen molar-refractivity contribution in [3.05, 3.63) is 108 Å². The van der Waals surface area contributed by atoms with Crippen molar-refractivity contribution in [2.24, 2.45) is 0 Å². The van der Waals surface area contributed by atoms with Crippen LogP contribution in [0, 0.1) is 56.3 Å². The van der Waals surface area contributed by atoms with Gasteiger partial charge >= 0.3 is 0 Å². The van der Waals surface area contributed by atoms with Crippen LogP contribution in [0.5, 0.6) is 0 Å². The van der Waals surface area contributed by atoms with Crippen LogP contribution in [0.1, 0.15) is 35.3 Å². The van der Waals surface area contributed by atoms with Gasteiger partial charge in [-0.15, -0.1) is 0 Å². The van der Waals surface area contributed by atoms with Crippen LogP contribution in [0.25, 0.3) is 0 Å². The van der Waals surface area contributed by atoms with Crippen molar-refractivity contribution in [3.63, 3.8) is 0 Å². The number of aryl methyl sites for hydroxylation is 1. The molecule has 3 aromatic rings. The van der Waals surface area contributed by atoms with Gasteiger partial charge in [0.25, 0.3) is 0 Å². The molecular formula is C22H24EuO2. The van der Waals surface area contributed by atoms with Crippen LogP contribution in [0.15, 0.2) is 91.0 Å². The summed E-state index contributed by atoms with van der Waals surface area (Å²) < 4.78 is 0. The number of hydrogen-bond acceptors (Lipinski definition) is 2. The fourth-order valence-corrected chi connectivity index (χ4v) is 2.37. The van der Waals surface area contributed by atoms with E-state index in [1.807, 2.05) is 78.9 Å². The monoisotopic (exact) mass is 473 g/mol. The standard InChI is InChI=1S/C15H16O2.C7H8.Eu/c16-14(12-7-3-1-4-8-12)11-15(17)13-9-5-2-6-10-13;1-7-5-3-2-4-6-7;/h1-10,14-17H,11H2;2-6H,1H3;. The third-order valence-electron chi connectivity index (χ3n) is 3.76. The zero-order valence-corrected chi connectivity index (χ0v) is 16.7. The fraction of sp³-hybridized carbons (Fsp3) is 0.182. The second kappa shape index (κ2) is 12.5. The van der Waals surface area contributed by atoms with Gasteiger partial charge in [-0.25, -0.2) is 0 Å². The molecular weight excluding hydrogens is 448 g/mol. The molecule has 3 heteroatoms. The molecule has 2 unspecified atom stereocenters. The Morgan fingerprint density at radius 1 is 0.600 bits per heavy atom. The molecule has 3 rings (SSSR count).